The van der Waals surface area contributed by atoms with Gasteiger partial charge in [-0.15, -0.1) is 0 Å². The number of carbonyl (C=O) groups is 2. The summed E-state index contributed by atoms with van der Waals surface area (Å²) in [5.41, 5.74) is -1.12. The summed E-state index contributed by atoms with van der Waals surface area (Å²) >= 11 is 0. The van der Waals surface area contributed by atoms with Gasteiger partial charge in [-0.25, -0.2) is 0 Å². The van der Waals surface area contributed by atoms with Crippen molar-refractivity contribution >= 4 is 17.5 Å². The van der Waals surface area contributed by atoms with Gasteiger partial charge in [0.1, 0.15) is 18.1 Å². The van der Waals surface area contributed by atoms with E-state index in [-0.39, 0.29) is 68.6 Å². The molecule has 0 bridgehead atoms. The Morgan fingerprint density at radius 3 is 2.14 bits per heavy atom. The molecule has 281 valence electrons. The van der Waals surface area contributed by atoms with Gasteiger partial charge in [0.05, 0.1) is 29.6 Å². The fourth-order valence-electron chi connectivity index (χ4n) is 8.53. The largest absolute Gasteiger partial charge is 0.461 e. The average Bonchev–Trinajstić information content (AvgIpc) is 3.05. The Balaban J connectivity index is 0.00000833. The number of hydrogen-bond acceptors (Lipinski definition) is 10. The Hall–Kier alpha value is -0.486. The van der Waals surface area contributed by atoms with Crippen molar-refractivity contribution in [1.29, 1.82) is 0 Å². The molecule has 3 aliphatic rings. The zero-order chi connectivity index (χ0) is 36.1. The number of oxime groups is 1. The minimum atomic E-state index is -1.04. The van der Waals surface area contributed by atoms with Crippen LogP contribution >= 0.6 is 0 Å². The molecule has 1 aliphatic carbocycles. The molecular weight excluding hydrogens is 701 g/mol. The maximum Gasteiger partial charge on any atom is 0.316 e. The number of nitrogens with zero attached hydrogens (tertiary/aromatic N) is 2. The number of carbonyl (C=O) groups excluding carboxylic acids is 2. The first-order valence-electron chi connectivity index (χ1n) is 18.6. The van der Waals surface area contributed by atoms with E-state index in [0.29, 0.717) is 12.8 Å². The number of hydrogen-bond donors (Lipinski definition) is 1. The molecule has 3 fully saturated rings. The number of aliphatic hydroxyl groups excluding tert-OH is 1. The first-order valence-corrected chi connectivity index (χ1v) is 18.6. The summed E-state index contributed by atoms with van der Waals surface area (Å²) in [6, 6.07) is 0.220. The summed E-state index contributed by atoms with van der Waals surface area (Å²) in [6.07, 6.45) is 4.20. The maximum atomic E-state index is 14.2. The van der Waals surface area contributed by atoms with Crippen molar-refractivity contribution in [3.8, 4) is 0 Å². The first-order chi connectivity index (χ1) is 22.4. The Kier molecular flexibility index (Phi) is 17.3. The minimum Gasteiger partial charge on any atom is -0.461 e. The zero-order valence-corrected chi connectivity index (χ0v) is 35.7. The van der Waals surface area contributed by atoms with E-state index in [1.807, 2.05) is 48.5 Å². The first kappa shape index (κ1) is 44.7. The van der Waals surface area contributed by atoms with Crippen LogP contribution < -0.4 is 0 Å². The number of ether oxygens (including phenoxy) is 4. The molecule has 0 spiro atoms. The molecular formula is C38H68N2O8Y. The smallest absolute Gasteiger partial charge is 0.316 e. The van der Waals surface area contributed by atoms with Crippen molar-refractivity contribution in [2.75, 3.05) is 21.2 Å². The quantitative estimate of drug-likeness (QED) is 0.178. The van der Waals surface area contributed by atoms with E-state index < -0.39 is 59.3 Å². The van der Waals surface area contributed by atoms with Crippen LogP contribution in [0.2, 0.25) is 0 Å². The van der Waals surface area contributed by atoms with Gasteiger partial charge in [0, 0.05) is 74.9 Å². The van der Waals surface area contributed by atoms with Gasteiger partial charge in [0.15, 0.2) is 12.1 Å². The monoisotopic (exact) mass is 769 g/mol. The predicted octanol–water partition coefficient (Wildman–Crippen LogP) is 6.41. The Labute approximate surface area is 322 Å². The van der Waals surface area contributed by atoms with Gasteiger partial charge in [-0.3, -0.25) is 9.59 Å². The predicted molar refractivity (Wildman–Crippen MR) is 188 cm³/mol. The molecule has 1 N–H and O–H groups in total. The fraction of sp³-hybridized carbons (Fsp3) is 0.921. The van der Waals surface area contributed by atoms with Crippen LogP contribution in [0.4, 0.5) is 0 Å². The number of esters is 1. The van der Waals surface area contributed by atoms with E-state index in [1.54, 1.807) is 14.0 Å². The van der Waals surface area contributed by atoms with Gasteiger partial charge < -0.3 is 33.8 Å². The summed E-state index contributed by atoms with van der Waals surface area (Å²) in [5, 5.41) is 16.8. The molecule has 12 atom stereocenters. The molecule has 4 unspecified atom stereocenters. The summed E-state index contributed by atoms with van der Waals surface area (Å²) in [6.45, 7) is 19.4. The van der Waals surface area contributed by atoms with Gasteiger partial charge >= 0.3 is 5.97 Å². The SMILES string of the molecule is CC[C@H]1OC(=O)[C@H](C)C(=O)[C@H](C)[C@@H](OC2OC(C)CC(N(C)C)C2C)[C@](C)(OC)C[C@@H](C)/C(=N/OC2CCCCC2)[C@H](C)[C@@H](O)C1(C)C.[Y]. The zero-order valence-electron chi connectivity index (χ0n) is 32.9. The number of ketones is 1. The summed E-state index contributed by atoms with van der Waals surface area (Å²) < 4.78 is 25.7. The van der Waals surface area contributed by atoms with Gasteiger partial charge in [0.2, 0.25) is 0 Å². The second-order valence-electron chi connectivity index (χ2n) is 16.3. The van der Waals surface area contributed by atoms with Crippen molar-refractivity contribution in [2.24, 2.45) is 40.2 Å². The van der Waals surface area contributed by atoms with Gasteiger partial charge in [-0.05, 0) is 79.8 Å². The van der Waals surface area contributed by atoms with Crippen LogP contribution in [0.15, 0.2) is 5.16 Å². The van der Waals surface area contributed by atoms with E-state index in [1.165, 1.54) is 6.42 Å². The molecule has 1 saturated carbocycles. The van der Waals surface area contributed by atoms with Crippen molar-refractivity contribution in [2.45, 2.75) is 169 Å². The van der Waals surface area contributed by atoms with E-state index in [0.717, 1.165) is 37.8 Å². The summed E-state index contributed by atoms with van der Waals surface area (Å²) in [4.78, 5) is 36.3. The molecule has 0 aromatic rings. The third-order valence-corrected chi connectivity index (χ3v) is 11.9. The van der Waals surface area contributed by atoms with Crippen LogP contribution in [0.3, 0.4) is 0 Å². The van der Waals surface area contributed by atoms with Crippen molar-refractivity contribution in [1.82, 2.24) is 4.90 Å². The number of aliphatic hydroxyl groups is 1. The normalized spacial score (nSPS) is 41.1. The maximum absolute atomic E-state index is 14.2. The molecule has 0 aromatic carbocycles. The van der Waals surface area contributed by atoms with E-state index in [4.69, 9.17) is 28.9 Å². The fourth-order valence-corrected chi connectivity index (χ4v) is 8.53. The Morgan fingerprint density at radius 2 is 1.59 bits per heavy atom. The van der Waals surface area contributed by atoms with Crippen LogP contribution in [0.25, 0.3) is 0 Å². The third-order valence-electron chi connectivity index (χ3n) is 11.9. The van der Waals surface area contributed by atoms with Crippen molar-refractivity contribution in [3.05, 3.63) is 0 Å². The van der Waals surface area contributed by atoms with E-state index >= 15 is 0 Å². The van der Waals surface area contributed by atoms with Gasteiger partial charge in [-0.2, -0.15) is 0 Å². The molecule has 3 rings (SSSR count). The van der Waals surface area contributed by atoms with E-state index in [2.05, 4.69) is 32.8 Å². The molecule has 11 heteroatoms. The molecule has 0 amide bonds. The summed E-state index contributed by atoms with van der Waals surface area (Å²) in [7, 11) is 5.77. The average molecular weight is 770 g/mol. The van der Waals surface area contributed by atoms with Crippen molar-refractivity contribution < 1.29 is 71.2 Å². The molecule has 10 nitrogen and oxygen atoms in total. The second-order valence-corrected chi connectivity index (χ2v) is 16.3. The topological polar surface area (TPSA) is 116 Å². The van der Waals surface area contributed by atoms with Crippen LogP contribution in [0, 0.1) is 35.0 Å². The van der Waals surface area contributed by atoms with Gasteiger partial charge in [0.25, 0.3) is 0 Å². The standard InChI is InChI=1S/C38H68N2O8.Y/c1-14-30-37(8,9)33(42)25(5)31(39-48-28-18-16-15-17-19-28)22(2)21-38(10,44-13)34(26(6)32(41)27(7)35(43)46-30)47-36-24(4)29(40(11)12)20-23(3)45-36;/h22-30,33-34,36,42H,14-21H2,1-13H3;/b39-31-;/t22-,23?,24?,25+,26+,27-,29?,30-,33-,34-,36?,38-;/m1./s1. The molecule has 0 aromatic heterocycles. The number of rotatable bonds is 7. The minimum absolute atomic E-state index is 0. The van der Waals surface area contributed by atoms with Crippen molar-refractivity contribution in [3.63, 3.8) is 0 Å². The van der Waals surface area contributed by atoms with Crippen LogP contribution in [-0.4, -0.2) is 97.1 Å². The summed E-state index contributed by atoms with van der Waals surface area (Å²) in [5.74, 6) is -3.28. The number of Topliss-reactive ketones (excluding diaryl/α,β-unsaturated/α-hetero) is 1. The molecule has 1 radical (unpaired) electrons. The molecule has 2 saturated heterocycles. The molecule has 2 heterocycles. The number of methoxy groups -OCH3 is 1. The number of cyclic esters (lactones) is 1. The van der Waals surface area contributed by atoms with Gasteiger partial charge in [-0.1, -0.05) is 60.0 Å². The van der Waals surface area contributed by atoms with Crippen LogP contribution in [-0.2, 0) is 66.1 Å². The van der Waals surface area contributed by atoms with Crippen LogP contribution in [0.5, 0.6) is 0 Å². The molecule has 49 heavy (non-hydrogen) atoms. The second kappa shape index (κ2) is 19.0. The van der Waals surface area contributed by atoms with E-state index in [9.17, 15) is 14.7 Å². The van der Waals surface area contributed by atoms with Crippen LogP contribution in [0.1, 0.15) is 121 Å². The third kappa shape index (κ3) is 10.6. The molecule has 2 aliphatic heterocycles. The Morgan fingerprint density at radius 1 is 0.980 bits per heavy atom. The Bertz CT molecular complexity index is 1100.